The molecular weight excluding hydrogens is 288 g/mol. The number of nitrogens with one attached hydrogen (secondary N) is 1. The van der Waals surface area contributed by atoms with Crippen LogP contribution < -0.4 is 15.0 Å². The minimum absolute atomic E-state index is 0.101. The molecule has 0 radical (unpaired) electrons. The van der Waals surface area contributed by atoms with E-state index >= 15 is 0 Å². The van der Waals surface area contributed by atoms with Crippen molar-refractivity contribution in [3.63, 3.8) is 0 Å². The Kier molecular flexibility index (Phi) is 4.51. The number of anilines is 2. The maximum Gasteiger partial charge on any atom is 0.249 e. The fraction of sp³-hybridized carbons (Fsp3) is 0.316. The molecule has 1 amide bonds. The summed E-state index contributed by atoms with van der Waals surface area (Å²) in [7, 11) is 0. The van der Waals surface area contributed by atoms with Crippen molar-refractivity contribution < 1.29 is 9.53 Å². The Balaban J connectivity index is 1.66. The quantitative estimate of drug-likeness (QED) is 0.919. The summed E-state index contributed by atoms with van der Waals surface area (Å²) in [4.78, 5) is 14.6. The van der Waals surface area contributed by atoms with Crippen LogP contribution in [-0.2, 0) is 11.2 Å². The predicted molar refractivity (Wildman–Crippen MR) is 93.2 cm³/mol. The zero-order chi connectivity index (χ0) is 16.2. The first kappa shape index (κ1) is 15.4. The van der Waals surface area contributed by atoms with Crippen molar-refractivity contribution in [1.29, 1.82) is 0 Å². The molecule has 2 aromatic rings. The summed E-state index contributed by atoms with van der Waals surface area (Å²) in [5.74, 6) is 0.939. The van der Waals surface area contributed by atoms with Gasteiger partial charge in [-0.15, -0.1) is 0 Å². The second kappa shape index (κ2) is 6.73. The summed E-state index contributed by atoms with van der Waals surface area (Å²) in [6.07, 6.45) is 0.928. The molecule has 3 rings (SSSR count). The summed E-state index contributed by atoms with van der Waals surface area (Å²) in [6, 6.07) is 15.5. The normalized spacial score (nSPS) is 14.3. The monoisotopic (exact) mass is 310 g/mol. The molecule has 1 unspecified atom stereocenters. The minimum Gasteiger partial charge on any atom is -0.494 e. The molecule has 23 heavy (non-hydrogen) atoms. The molecule has 120 valence electrons. The van der Waals surface area contributed by atoms with Crippen LogP contribution in [0.3, 0.4) is 0 Å². The number of hydrogen-bond donors (Lipinski definition) is 1. The first-order valence-corrected chi connectivity index (χ1v) is 8.07. The molecule has 0 saturated heterocycles. The molecule has 0 aromatic heterocycles. The van der Waals surface area contributed by atoms with Gasteiger partial charge in [0.1, 0.15) is 11.8 Å². The second-order valence-corrected chi connectivity index (χ2v) is 5.69. The molecule has 0 saturated carbocycles. The lowest BCUT2D eigenvalue weighted by Gasteiger charge is -2.23. The largest absolute Gasteiger partial charge is 0.494 e. The molecule has 1 heterocycles. The number of carbonyl (C=O) groups is 1. The van der Waals surface area contributed by atoms with Crippen molar-refractivity contribution in [1.82, 2.24) is 0 Å². The van der Waals surface area contributed by atoms with Gasteiger partial charge in [0.15, 0.2) is 0 Å². The third kappa shape index (κ3) is 3.31. The van der Waals surface area contributed by atoms with Gasteiger partial charge in [-0.2, -0.15) is 0 Å². The lowest BCUT2D eigenvalue weighted by molar-refractivity contribution is -0.118. The Morgan fingerprint density at radius 1 is 1.22 bits per heavy atom. The van der Waals surface area contributed by atoms with Crippen LogP contribution in [0.1, 0.15) is 19.4 Å². The van der Waals surface area contributed by atoms with E-state index in [1.54, 1.807) is 0 Å². The average Bonchev–Trinajstić information content (AvgIpc) is 3.00. The Morgan fingerprint density at radius 2 is 1.96 bits per heavy atom. The van der Waals surface area contributed by atoms with E-state index in [1.165, 1.54) is 5.56 Å². The van der Waals surface area contributed by atoms with Crippen LogP contribution in [0.2, 0.25) is 0 Å². The summed E-state index contributed by atoms with van der Waals surface area (Å²) < 4.78 is 5.43. The van der Waals surface area contributed by atoms with Crippen LogP contribution in [0.25, 0.3) is 0 Å². The lowest BCUT2D eigenvalue weighted by Crippen LogP contribution is -2.40. The van der Waals surface area contributed by atoms with Crippen LogP contribution in [0.5, 0.6) is 5.75 Å². The highest BCUT2D eigenvalue weighted by Gasteiger charge is 2.27. The Hall–Kier alpha value is -2.49. The van der Waals surface area contributed by atoms with Crippen molar-refractivity contribution >= 4 is 17.3 Å². The lowest BCUT2D eigenvalue weighted by atomic mass is 10.2. The summed E-state index contributed by atoms with van der Waals surface area (Å²) in [6.45, 7) is 5.27. The number of benzene rings is 2. The molecule has 0 fully saturated rings. The first-order chi connectivity index (χ1) is 11.2. The number of amides is 1. The van der Waals surface area contributed by atoms with Gasteiger partial charge in [-0.05, 0) is 56.2 Å². The molecule has 4 nitrogen and oxygen atoms in total. The summed E-state index contributed by atoms with van der Waals surface area (Å²) in [5.41, 5.74) is 3.20. The van der Waals surface area contributed by atoms with Gasteiger partial charge in [0.25, 0.3) is 0 Å². The maximum atomic E-state index is 12.7. The highest BCUT2D eigenvalue weighted by atomic mass is 16.5. The SMILES string of the molecule is CCOc1ccc(NC(C)C(=O)N2CCc3ccccc32)cc1. The van der Waals surface area contributed by atoms with Gasteiger partial charge in [0, 0.05) is 17.9 Å². The molecule has 2 aromatic carbocycles. The second-order valence-electron chi connectivity index (χ2n) is 5.69. The zero-order valence-electron chi connectivity index (χ0n) is 13.6. The van der Waals surface area contributed by atoms with Crippen LogP contribution in [-0.4, -0.2) is 25.1 Å². The van der Waals surface area contributed by atoms with Crippen LogP contribution >= 0.6 is 0 Å². The smallest absolute Gasteiger partial charge is 0.249 e. The van der Waals surface area contributed by atoms with E-state index in [0.717, 1.165) is 30.1 Å². The van der Waals surface area contributed by atoms with Crippen molar-refractivity contribution in [3.8, 4) is 5.75 Å². The Morgan fingerprint density at radius 3 is 2.70 bits per heavy atom. The van der Waals surface area contributed by atoms with E-state index in [2.05, 4.69) is 11.4 Å². The van der Waals surface area contributed by atoms with Crippen molar-refractivity contribution in [2.45, 2.75) is 26.3 Å². The standard InChI is InChI=1S/C19H22N2O2/c1-3-23-17-10-8-16(9-11-17)20-14(2)19(22)21-13-12-15-6-4-5-7-18(15)21/h4-11,14,20H,3,12-13H2,1-2H3. The van der Waals surface area contributed by atoms with E-state index in [4.69, 9.17) is 4.74 Å². The third-order valence-corrected chi connectivity index (χ3v) is 4.07. The average molecular weight is 310 g/mol. The number of nitrogens with zero attached hydrogens (tertiary/aromatic N) is 1. The van der Waals surface area contributed by atoms with Crippen molar-refractivity contribution in [2.24, 2.45) is 0 Å². The van der Waals surface area contributed by atoms with Crippen molar-refractivity contribution in [3.05, 3.63) is 54.1 Å². The molecular formula is C19H22N2O2. The number of fused-ring (bicyclic) bond motifs is 1. The van der Waals surface area contributed by atoms with Gasteiger partial charge in [0.05, 0.1) is 6.61 Å². The van der Waals surface area contributed by atoms with Crippen LogP contribution in [0.4, 0.5) is 11.4 Å². The molecule has 1 aliphatic rings. The number of rotatable bonds is 5. The van der Waals surface area contributed by atoms with Gasteiger partial charge in [-0.3, -0.25) is 4.79 Å². The number of carbonyl (C=O) groups excluding carboxylic acids is 1. The fourth-order valence-electron chi connectivity index (χ4n) is 2.93. The zero-order valence-corrected chi connectivity index (χ0v) is 13.6. The Bertz CT molecular complexity index is 682. The van der Waals surface area contributed by atoms with Gasteiger partial charge >= 0.3 is 0 Å². The number of para-hydroxylation sites is 1. The molecule has 1 aliphatic heterocycles. The Labute approximate surface area is 137 Å². The fourth-order valence-corrected chi connectivity index (χ4v) is 2.93. The maximum absolute atomic E-state index is 12.7. The molecule has 1 atom stereocenters. The summed E-state index contributed by atoms with van der Waals surface area (Å²) >= 11 is 0. The number of ether oxygens (including phenoxy) is 1. The van der Waals surface area contributed by atoms with E-state index in [9.17, 15) is 4.79 Å². The van der Waals surface area contributed by atoms with Gasteiger partial charge in [-0.25, -0.2) is 0 Å². The van der Waals surface area contributed by atoms with Crippen LogP contribution in [0.15, 0.2) is 48.5 Å². The minimum atomic E-state index is -0.279. The highest BCUT2D eigenvalue weighted by Crippen LogP contribution is 2.28. The molecule has 0 aliphatic carbocycles. The van der Waals surface area contributed by atoms with Gasteiger partial charge in [0.2, 0.25) is 5.91 Å². The topological polar surface area (TPSA) is 41.6 Å². The first-order valence-electron chi connectivity index (χ1n) is 8.07. The van der Waals surface area contributed by atoms with E-state index in [0.29, 0.717) is 6.61 Å². The van der Waals surface area contributed by atoms with Gasteiger partial charge < -0.3 is 15.0 Å². The molecule has 1 N–H and O–H groups in total. The highest BCUT2D eigenvalue weighted by molar-refractivity contribution is 6.00. The van der Waals surface area contributed by atoms with E-state index < -0.39 is 0 Å². The van der Waals surface area contributed by atoms with E-state index in [1.807, 2.05) is 61.2 Å². The third-order valence-electron chi connectivity index (χ3n) is 4.07. The van der Waals surface area contributed by atoms with Crippen LogP contribution in [0, 0.1) is 0 Å². The van der Waals surface area contributed by atoms with E-state index in [-0.39, 0.29) is 11.9 Å². The van der Waals surface area contributed by atoms with Crippen molar-refractivity contribution in [2.75, 3.05) is 23.4 Å². The summed E-state index contributed by atoms with van der Waals surface area (Å²) in [5, 5.41) is 3.27. The predicted octanol–water partition coefficient (Wildman–Crippen LogP) is 3.48. The van der Waals surface area contributed by atoms with Gasteiger partial charge in [-0.1, -0.05) is 18.2 Å². The number of hydrogen-bond acceptors (Lipinski definition) is 3. The molecule has 4 heteroatoms. The molecule has 0 spiro atoms. The molecule has 0 bridgehead atoms.